The highest BCUT2D eigenvalue weighted by Gasteiger charge is 2.25. The molecule has 0 radical (unpaired) electrons. The lowest BCUT2D eigenvalue weighted by Gasteiger charge is -2.13. The fraction of sp³-hybridized carbons (Fsp3) is 0.364. The molecule has 1 aromatic carbocycles. The molecule has 1 fully saturated rings. The maximum atomic E-state index is 12.1. The van der Waals surface area contributed by atoms with Crippen LogP contribution in [0.2, 0.25) is 0 Å². The number of anilines is 1. The largest absolute Gasteiger partial charge is 0.478 e. The molecule has 0 bridgehead atoms. The lowest BCUT2D eigenvalue weighted by Crippen LogP contribution is -2.35. The van der Waals surface area contributed by atoms with Crippen LogP contribution in [0.4, 0.5) is 5.69 Å². The average Bonchev–Trinajstić information content (AvgIpc) is 2.80. The zero-order valence-electron chi connectivity index (χ0n) is 10.00. The van der Waals surface area contributed by atoms with Crippen molar-refractivity contribution < 1.29 is 18.3 Å². The smallest absolute Gasteiger partial charge is 0.335 e. The number of aromatic carboxylic acids is 1. The van der Waals surface area contributed by atoms with Crippen molar-refractivity contribution in [2.45, 2.75) is 17.4 Å². The molecule has 1 aromatic rings. The Morgan fingerprint density at radius 1 is 1.47 bits per heavy atom. The van der Waals surface area contributed by atoms with Gasteiger partial charge in [0.25, 0.3) is 0 Å². The molecule has 8 heteroatoms. The summed E-state index contributed by atoms with van der Waals surface area (Å²) in [6.07, 6.45) is 0.789. The van der Waals surface area contributed by atoms with E-state index in [0.29, 0.717) is 0 Å². The summed E-state index contributed by atoms with van der Waals surface area (Å²) in [7, 11) is -3.70. The lowest BCUT2D eigenvalue weighted by atomic mass is 10.2. The van der Waals surface area contributed by atoms with Gasteiger partial charge in [-0.15, -0.1) is 0 Å². The summed E-state index contributed by atoms with van der Waals surface area (Å²) in [5, 5.41) is 8.81. The lowest BCUT2D eigenvalue weighted by molar-refractivity contribution is 0.0697. The summed E-state index contributed by atoms with van der Waals surface area (Å²) in [5.74, 6) is 0.531. The number of nitrogens with one attached hydrogen (secondary N) is 1. The highest BCUT2D eigenvalue weighted by Crippen LogP contribution is 2.23. The van der Waals surface area contributed by atoms with Gasteiger partial charge in [-0.2, -0.15) is 11.8 Å². The summed E-state index contributed by atoms with van der Waals surface area (Å²) in [6, 6.07) is 3.52. The molecule has 0 amide bonds. The molecule has 0 aromatic heterocycles. The Hall–Kier alpha value is -1.25. The zero-order valence-corrected chi connectivity index (χ0v) is 11.6. The van der Waals surface area contributed by atoms with Crippen LogP contribution in [0.15, 0.2) is 23.1 Å². The molecular formula is C11H14N2O4S2. The van der Waals surface area contributed by atoms with E-state index in [0.717, 1.165) is 24.0 Å². The van der Waals surface area contributed by atoms with Gasteiger partial charge in [0.2, 0.25) is 10.0 Å². The number of nitrogens with two attached hydrogens (primary N) is 1. The normalized spacial score (nSPS) is 19.5. The van der Waals surface area contributed by atoms with Crippen LogP contribution in [-0.2, 0) is 10.0 Å². The van der Waals surface area contributed by atoms with Crippen molar-refractivity contribution in [2.75, 3.05) is 17.2 Å². The molecule has 4 N–H and O–H groups in total. The second-order valence-electron chi connectivity index (χ2n) is 4.24. The SMILES string of the molecule is Nc1cc(C(=O)O)ccc1S(=O)(=O)NC1CCSC1. The second kappa shape index (κ2) is 5.40. The first-order chi connectivity index (χ1) is 8.90. The third kappa shape index (κ3) is 3.20. The third-order valence-electron chi connectivity index (χ3n) is 2.80. The first kappa shape index (κ1) is 14.2. The number of thioether (sulfide) groups is 1. The van der Waals surface area contributed by atoms with Crippen molar-refractivity contribution in [2.24, 2.45) is 0 Å². The molecule has 1 unspecified atom stereocenters. The predicted octanol–water partition coefficient (Wildman–Crippen LogP) is 0.751. The van der Waals surface area contributed by atoms with Gasteiger partial charge in [-0.1, -0.05) is 0 Å². The number of carboxylic acids is 1. The zero-order chi connectivity index (χ0) is 14.0. The molecule has 104 valence electrons. The number of sulfonamides is 1. The maximum Gasteiger partial charge on any atom is 0.335 e. The van der Waals surface area contributed by atoms with E-state index in [1.54, 1.807) is 11.8 Å². The van der Waals surface area contributed by atoms with Crippen LogP contribution in [-0.4, -0.2) is 37.0 Å². The third-order valence-corrected chi connectivity index (χ3v) is 5.55. The topological polar surface area (TPSA) is 109 Å². The van der Waals surface area contributed by atoms with E-state index in [4.69, 9.17) is 10.8 Å². The fourth-order valence-electron chi connectivity index (χ4n) is 1.84. The highest BCUT2D eigenvalue weighted by atomic mass is 32.2. The Labute approximate surface area is 115 Å². The molecule has 0 saturated carbocycles. The van der Waals surface area contributed by atoms with Gasteiger partial charge >= 0.3 is 5.97 Å². The van der Waals surface area contributed by atoms with Gasteiger partial charge in [0.15, 0.2) is 0 Å². The quantitative estimate of drug-likeness (QED) is 0.708. The van der Waals surface area contributed by atoms with E-state index in [-0.39, 0.29) is 22.2 Å². The van der Waals surface area contributed by atoms with E-state index in [1.807, 2.05) is 0 Å². The maximum absolute atomic E-state index is 12.1. The van der Waals surface area contributed by atoms with Crippen molar-refractivity contribution in [1.82, 2.24) is 4.72 Å². The molecule has 1 aliphatic heterocycles. The monoisotopic (exact) mass is 302 g/mol. The number of nitrogen functional groups attached to an aromatic ring is 1. The molecular weight excluding hydrogens is 288 g/mol. The van der Waals surface area contributed by atoms with Crippen LogP contribution >= 0.6 is 11.8 Å². The second-order valence-corrected chi connectivity index (χ2v) is 7.07. The first-order valence-corrected chi connectivity index (χ1v) is 8.27. The molecule has 1 aliphatic rings. The van der Waals surface area contributed by atoms with Gasteiger partial charge in [-0.05, 0) is 30.4 Å². The Morgan fingerprint density at radius 3 is 2.74 bits per heavy atom. The van der Waals surface area contributed by atoms with Crippen LogP contribution in [0.5, 0.6) is 0 Å². The van der Waals surface area contributed by atoms with Crippen molar-refractivity contribution in [1.29, 1.82) is 0 Å². The van der Waals surface area contributed by atoms with Crippen LogP contribution in [0, 0.1) is 0 Å². The average molecular weight is 302 g/mol. The summed E-state index contributed by atoms with van der Waals surface area (Å²) < 4.78 is 26.9. The summed E-state index contributed by atoms with van der Waals surface area (Å²) in [5.41, 5.74) is 5.54. The van der Waals surface area contributed by atoms with Gasteiger partial charge < -0.3 is 10.8 Å². The van der Waals surface area contributed by atoms with Crippen LogP contribution in [0.1, 0.15) is 16.8 Å². The van der Waals surface area contributed by atoms with E-state index in [2.05, 4.69) is 4.72 Å². The molecule has 0 spiro atoms. The molecule has 6 nitrogen and oxygen atoms in total. The van der Waals surface area contributed by atoms with Gasteiger partial charge in [-0.25, -0.2) is 17.9 Å². The highest BCUT2D eigenvalue weighted by molar-refractivity contribution is 7.99. The minimum atomic E-state index is -3.70. The van der Waals surface area contributed by atoms with Crippen molar-refractivity contribution in [3.63, 3.8) is 0 Å². The molecule has 0 aliphatic carbocycles. The van der Waals surface area contributed by atoms with E-state index in [1.165, 1.54) is 12.1 Å². The number of hydrogen-bond donors (Lipinski definition) is 3. The summed E-state index contributed by atoms with van der Waals surface area (Å²) in [4.78, 5) is 10.7. The summed E-state index contributed by atoms with van der Waals surface area (Å²) in [6.45, 7) is 0. The molecule has 19 heavy (non-hydrogen) atoms. The molecule has 1 heterocycles. The van der Waals surface area contributed by atoms with E-state index in [9.17, 15) is 13.2 Å². The van der Waals surface area contributed by atoms with Crippen molar-refractivity contribution in [3.8, 4) is 0 Å². The van der Waals surface area contributed by atoms with E-state index >= 15 is 0 Å². The minimum Gasteiger partial charge on any atom is -0.478 e. The van der Waals surface area contributed by atoms with Gasteiger partial charge in [0.05, 0.1) is 11.3 Å². The summed E-state index contributed by atoms with van der Waals surface area (Å²) >= 11 is 1.69. The van der Waals surface area contributed by atoms with Crippen LogP contribution in [0.3, 0.4) is 0 Å². The van der Waals surface area contributed by atoms with E-state index < -0.39 is 16.0 Å². The molecule has 1 saturated heterocycles. The van der Waals surface area contributed by atoms with Gasteiger partial charge in [0, 0.05) is 11.8 Å². The van der Waals surface area contributed by atoms with Crippen molar-refractivity contribution >= 4 is 33.4 Å². The molecule has 2 rings (SSSR count). The number of hydrogen-bond acceptors (Lipinski definition) is 5. The predicted molar refractivity (Wildman–Crippen MR) is 73.9 cm³/mol. The Morgan fingerprint density at radius 2 is 2.21 bits per heavy atom. The Bertz CT molecular complexity index is 595. The number of benzene rings is 1. The van der Waals surface area contributed by atoms with Crippen LogP contribution in [0.25, 0.3) is 0 Å². The molecule has 1 atom stereocenters. The minimum absolute atomic E-state index is 0.0344. The number of carboxylic acid groups (broad SMARTS) is 1. The Balaban J connectivity index is 2.27. The van der Waals surface area contributed by atoms with Gasteiger partial charge in [-0.3, -0.25) is 0 Å². The van der Waals surface area contributed by atoms with Crippen molar-refractivity contribution in [3.05, 3.63) is 23.8 Å². The fourth-order valence-corrected chi connectivity index (χ4v) is 4.48. The number of rotatable bonds is 4. The standard InChI is InChI=1S/C11H14N2O4S2/c12-9-5-7(11(14)15)1-2-10(9)19(16,17)13-8-3-4-18-6-8/h1-2,5,8,13H,3-4,6,12H2,(H,14,15). The van der Waals surface area contributed by atoms with Gasteiger partial charge in [0.1, 0.15) is 4.90 Å². The van der Waals surface area contributed by atoms with Crippen LogP contribution < -0.4 is 10.5 Å². The number of carbonyl (C=O) groups is 1. The Kier molecular flexibility index (Phi) is 4.02. The first-order valence-electron chi connectivity index (χ1n) is 5.63.